The van der Waals surface area contributed by atoms with Crippen LogP contribution in [0.4, 0.5) is 17.1 Å². The molecule has 0 bridgehead atoms. The largest absolute Gasteiger partial charge is 0.438 e. The van der Waals surface area contributed by atoms with Crippen LogP contribution in [-0.2, 0) is 4.79 Å². The maximum absolute atomic E-state index is 12.4. The van der Waals surface area contributed by atoms with Crippen LogP contribution in [-0.4, -0.2) is 21.9 Å². The molecule has 1 unspecified atom stereocenters. The lowest BCUT2D eigenvalue weighted by Crippen LogP contribution is -2.31. The summed E-state index contributed by atoms with van der Waals surface area (Å²) < 4.78 is 5.62. The van der Waals surface area contributed by atoms with Crippen LogP contribution in [0.15, 0.2) is 60.8 Å². The molecule has 30 heavy (non-hydrogen) atoms. The molecule has 0 aliphatic rings. The Bertz CT molecular complexity index is 1080. The number of halogens is 2. The molecule has 8 nitrogen and oxygen atoms in total. The Hall–Kier alpha value is -3.36. The Morgan fingerprint density at radius 2 is 1.87 bits per heavy atom. The normalized spacial score (nSPS) is 11.4. The number of ether oxygens (including phenoxy) is 1. The van der Waals surface area contributed by atoms with Crippen molar-refractivity contribution in [1.82, 2.24) is 4.98 Å². The van der Waals surface area contributed by atoms with Gasteiger partial charge in [-0.2, -0.15) is 0 Å². The number of hydrogen-bond acceptors (Lipinski definition) is 6. The van der Waals surface area contributed by atoms with Gasteiger partial charge >= 0.3 is 0 Å². The molecule has 2 N–H and O–H groups in total. The summed E-state index contributed by atoms with van der Waals surface area (Å²) in [5.74, 6) is 0.394. The Labute approximate surface area is 181 Å². The maximum Gasteiger partial charge on any atom is 0.271 e. The quantitative estimate of drug-likeness (QED) is 0.365. The topological polar surface area (TPSA) is 106 Å². The number of aromatic nitrogens is 1. The summed E-state index contributed by atoms with van der Waals surface area (Å²) in [6.07, 6.45) is 1.43. The van der Waals surface area contributed by atoms with Crippen molar-refractivity contribution in [2.75, 3.05) is 10.6 Å². The third-order valence-electron chi connectivity index (χ3n) is 3.94. The minimum Gasteiger partial charge on any atom is -0.438 e. The molecular formula is C20H16Cl2N4O4. The zero-order valence-corrected chi connectivity index (χ0v) is 17.1. The van der Waals surface area contributed by atoms with Gasteiger partial charge in [-0.25, -0.2) is 4.98 Å². The Morgan fingerprint density at radius 3 is 2.53 bits per heavy atom. The zero-order chi connectivity index (χ0) is 21.7. The number of hydrogen-bond donors (Lipinski definition) is 2. The Balaban J connectivity index is 1.59. The minimum absolute atomic E-state index is 0.0979. The van der Waals surface area contributed by atoms with E-state index >= 15 is 0 Å². The summed E-state index contributed by atoms with van der Waals surface area (Å²) in [6.45, 7) is 1.68. The van der Waals surface area contributed by atoms with E-state index in [1.807, 2.05) is 0 Å². The molecule has 3 rings (SSSR count). The number of nitro benzene ring substituents is 1. The first-order chi connectivity index (χ1) is 14.3. The first-order valence-electron chi connectivity index (χ1n) is 8.72. The number of amides is 1. The first-order valence-corrected chi connectivity index (χ1v) is 9.48. The van der Waals surface area contributed by atoms with E-state index < -0.39 is 11.0 Å². The van der Waals surface area contributed by atoms with Gasteiger partial charge in [-0.05, 0) is 43.3 Å². The van der Waals surface area contributed by atoms with Crippen LogP contribution < -0.4 is 15.4 Å². The second-order valence-corrected chi connectivity index (χ2v) is 7.07. The van der Waals surface area contributed by atoms with E-state index in [9.17, 15) is 14.9 Å². The number of nitrogens with zero attached hydrogens (tertiary/aromatic N) is 2. The number of pyridine rings is 1. The van der Waals surface area contributed by atoms with Gasteiger partial charge in [0.15, 0.2) is 0 Å². The molecule has 0 spiro atoms. The van der Waals surface area contributed by atoms with Gasteiger partial charge in [-0.3, -0.25) is 14.9 Å². The van der Waals surface area contributed by atoms with Crippen molar-refractivity contribution in [1.29, 1.82) is 0 Å². The second-order valence-electron chi connectivity index (χ2n) is 6.23. The summed E-state index contributed by atoms with van der Waals surface area (Å²) in [7, 11) is 0. The van der Waals surface area contributed by atoms with Gasteiger partial charge in [0, 0.05) is 29.7 Å². The summed E-state index contributed by atoms with van der Waals surface area (Å²) in [4.78, 5) is 26.7. The van der Waals surface area contributed by atoms with Crippen LogP contribution in [0.5, 0.6) is 11.6 Å². The molecule has 2 aromatic carbocycles. The second kappa shape index (κ2) is 9.43. The van der Waals surface area contributed by atoms with E-state index in [4.69, 9.17) is 27.9 Å². The number of carbonyl (C=O) groups is 1. The highest BCUT2D eigenvalue weighted by molar-refractivity contribution is 6.35. The smallest absolute Gasteiger partial charge is 0.271 e. The summed E-state index contributed by atoms with van der Waals surface area (Å²) in [5.41, 5.74) is 0.928. The number of benzene rings is 2. The van der Waals surface area contributed by atoms with Gasteiger partial charge in [0.05, 0.1) is 9.95 Å². The fourth-order valence-electron chi connectivity index (χ4n) is 2.47. The van der Waals surface area contributed by atoms with Crippen LogP contribution in [0.1, 0.15) is 6.92 Å². The van der Waals surface area contributed by atoms with Gasteiger partial charge < -0.3 is 15.4 Å². The van der Waals surface area contributed by atoms with Crippen molar-refractivity contribution < 1.29 is 14.5 Å². The SMILES string of the molecule is CC(Nc1ccc(Oc2ncc(Cl)cc2Cl)cc1)C(=O)Nc1cccc([N+](=O)[O-])c1. The van der Waals surface area contributed by atoms with Crippen molar-refractivity contribution in [2.45, 2.75) is 13.0 Å². The summed E-state index contributed by atoms with van der Waals surface area (Å²) in [6, 6.07) is 13.5. The highest BCUT2D eigenvalue weighted by Crippen LogP contribution is 2.29. The minimum atomic E-state index is -0.594. The van der Waals surface area contributed by atoms with Gasteiger partial charge in [0.25, 0.3) is 5.69 Å². The Morgan fingerprint density at radius 1 is 1.13 bits per heavy atom. The monoisotopic (exact) mass is 446 g/mol. The molecule has 1 heterocycles. The lowest BCUT2D eigenvalue weighted by atomic mass is 10.2. The molecule has 3 aromatic rings. The fraction of sp³-hybridized carbons (Fsp3) is 0.100. The molecule has 0 saturated carbocycles. The summed E-state index contributed by atoms with van der Waals surface area (Å²) in [5, 5.41) is 17.2. The van der Waals surface area contributed by atoms with Gasteiger partial charge in [0.1, 0.15) is 16.8 Å². The number of rotatable bonds is 7. The molecule has 1 aromatic heterocycles. The summed E-state index contributed by atoms with van der Waals surface area (Å²) >= 11 is 11.9. The standard InChI is InChI=1S/C20H16Cl2N4O4/c1-12(19(27)25-15-3-2-4-16(10-15)26(28)29)24-14-5-7-17(8-6-14)30-20-18(22)9-13(21)11-23-20/h2-12,24H,1H3,(H,25,27). The molecule has 10 heteroatoms. The molecule has 154 valence electrons. The molecule has 1 atom stereocenters. The van der Waals surface area contributed by atoms with Crippen LogP contribution in [0.25, 0.3) is 0 Å². The van der Waals surface area contributed by atoms with Gasteiger partial charge in [0.2, 0.25) is 11.8 Å². The van der Waals surface area contributed by atoms with E-state index in [0.29, 0.717) is 22.1 Å². The predicted molar refractivity (Wildman–Crippen MR) is 116 cm³/mol. The van der Waals surface area contributed by atoms with Crippen molar-refractivity contribution in [3.63, 3.8) is 0 Å². The van der Waals surface area contributed by atoms with E-state index in [-0.39, 0.29) is 22.5 Å². The first kappa shape index (κ1) is 21.4. The molecule has 0 fully saturated rings. The van der Waals surface area contributed by atoms with Gasteiger partial charge in [-0.15, -0.1) is 0 Å². The highest BCUT2D eigenvalue weighted by Gasteiger charge is 2.15. The number of anilines is 2. The van der Waals surface area contributed by atoms with Gasteiger partial charge in [-0.1, -0.05) is 29.3 Å². The lowest BCUT2D eigenvalue weighted by Gasteiger charge is -2.15. The van der Waals surface area contributed by atoms with Crippen LogP contribution in [0.3, 0.4) is 0 Å². The molecule has 1 amide bonds. The van der Waals surface area contributed by atoms with Crippen molar-refractivity contribution in [2.24, 2.45) is 0 Å². The van der Waals surface area contributed by atoms with Crippen molar-refractivity contribution >= 4 is 46.2 Å². The highest BCUT2D eigenvalue weighted by atomic mass is 35.5. The number of nitro groups is 1. The number of nitrogens with one attached hydrogen (secondary N) is 2. The van der Waals surface area contributed by atoms with Crippen molar-refractivity contribution in [3.05, 3.63) is 81.0 Å². The van der Waals surface area contributed by atoms with Crippen LogP contribution in [0, 0.1) is 10.1 Å². The predicted octanol–water partition coefficient (Wildman–Crippen LogP) is 5.53. The molecule has 0 aliphatic heterocycles. The molecular weight excluding hydrogens is 431 g/mol. The van der Waals surface area contributed by atoms with E-state index in [0.717, 1.165) is 0 Å². The van der Waals surface area contributed by atoms with E-state index in [1.165, 1.54) is 30.5 Å². The van der Waals surface area contributed by atoms with Crippen LogP contribution >= 0.6 is 23.2 Å². The maximum atomic E-state index is 12.4. The lowest BCUT2D eigenvalue weighted by molar-refractivity contribution is -0.384. The third kappa shape index (κ3) is 5.59. The average molecular weight is 447 g/mol. The van der Waals surface area contributed by atoms with E-state index in [1.54, 1.807) is 37.3 Å². The molecule has 0 radical (unpaired) electrons. The molecule has 0 aliphatic carbocycles. The third-order valence-corrected chi connectivity index (χ3v) is 4.42. The fourth-order valence-corrected chi connectivity index (χ4v) is 2.89. The average Bonchev–Trinajstić information content (AvgIpc) is 2.71. The number of non-ortho nitro benzene ring substituents is 1. The number of carbonyl (C=O) groups excluding carboxylic acids is 1. The molecule has 0 saturated heterocycles. The van der Waals surface area contributed by atoms with Crippen LogP contribution in [0.2, 0.25) is 10.0 Å². The Kier molecular flexibility index (Phi) is 6.71. The zero-order valence-electron chi connectivity index (χ0n) is 15.6. The van der Waals surface area contributed by atoms with E-state index in [2.05, 4.69) is 15.6 Å². The van der Waals surface area contributed by atoms with Crippen molar-refractivity contribution in [3.8, 4) is 11.6 Å².